The average molecular weight is 263 g/mol. The number of carbonyl (C=O) groups is 1. The van der Waals surface area contributed by atoms with Gasteiger partial charge in [-0.1, -0.05) is 18.7 Å². The number of H-pyrrole nitrogens is 1. The summed E-state index contributed by atoms with van der Waals surface area (Å²) < 4.78 is 23.3. The predicted octanol–water partition coefficient (Wildman–Crippen LogP) is -0.0262. The topological polar surface area (TPSA) is 121 Å². The molecule has 0 saturated heterocycles. The number of sulfonamides is 1. The predicted molar refractivity (Wildman–Crippen MR) is 56.7 cm³/mol. The van der Waals surface area contributed by atoms with E-state index >= 15 is 0 Å². The van der Waals surface area contributed by atoms with Gasteiger partial charge in [-0.3, -0.25) is 9.94 Å². The Bertz CT molecular complexity index is 493. The first-order chi connectivity index (χ1) is 7.84. The van der Waals surface area contributed by atoms with Crippen molar-refractivity contribution in [3.63, 3.8) is 0 Å². The fourth-order valence-corrected chi connectivity index (χ4v) is 1.86. The molecule has 0 radical (unpaired) electrons. The van der Waals surface area contributed by atoms with Gasteiger partial charge in [0.1, 0.15) is 5.56 Å². The molecule has 17 heavy (non-hydrogen) atoms. The Balaban J connectivity index is 2.83. The zero-order chi connectivity index (χ0) is 13.1. The molecule has 0 aromatic carbocycles. The quantitative estimate of drug-likeness (QED) is 0.620. The lowest BCUT2D eigenvalue weighted by Gasteiger charge is -2.07. The van der Waals surface area contributed by atoms with Crippen molar-refractivity contribution in [1.29, 1.82) is 0 Å². The molecule has 1 aromatic rings. The van der Waals surface area contributed by atoms with Crippen molar-refractivity contribution in [3.8, 4) is 0 Å². The van der Waals surface area contributed by atoms with Crippen molar-refractivity contribution in [3.05, 3.63) is 11.8 Å². The van der Waals surface area contributed by atoms with E-state index in [0.29, 0.717) is 0 Å². The molecule has 9 heteroatoms. The number of nitrogens with one attached hydrogen (secondary N) is 2. The first-order valence-electron chi connectivity index (χ1n) is 4.75. The van der Waals surface area contributed by atoms with Crippen molar-refractivity contribution in [2.45, 2.75) is 18.9 Å². The van der Waals surface area contributed by atoms with Crippen molar-refractivity contribution < 1.29 is 23.2 Å². The number of carboxylic acid groups (broad SMARTS) is 1. The molecular formula is C8H13N3O5S. The summed E-state index contributed by atoms with van der Waals surface area (Å²) in [5.74, 6) is -1.25. The van der Waals surface area contributed by atoms with Gasteiger partial charge in [0.15, 0.2) is 5.03 Å². The lowest BCUT2D eigenvalue weighted by atomic mass is 10.2. The van der Waals surface area contributed by atoms with Crippen LogP contribution in [0.2, 0.25) is 0 Å². The minimum Gasteiger partial charge on any atom is -0.478 e. The Kier molecular flexibility index (Phi) is 4.21. The molecule has 0 amide bonds. The molecule has 96 valence electrons. The van der Waals surface area contributed by atoms with Gasteiger partial charge in [-0.2, -0.15) is 5.10 Å². The smallest absolute Gasteiger partial charge is 0.340 e. The molecule has 0 unspecified atom stereocenters. The molecule has 0 aliphatic carbocycles. The van der Waals surface area contributed by atoms with Crippen LogP contribution >= 0.6 is 0 Å². The highest BCUT2D eigenvalue weighted by Crippen LogP contribution is 2.11. The molecule has 1 rings (SSSR count). The molecule has 1 aromatic heterocycles. The van der Waals surface area contributed by atoms with Gasteiger partial charge in [0.2, 0.25) is 0 Å². The molecule has 0 atom stereocenters. The lowest BCUT2D eigenvalue weighted by molar-refractivity contribution is 0.0683. The monoisotopic (exact) mass is 263 g/mol. The summed E-state index contributed by atoms with van der Waals surface area (Å²) >= 11 is 0. The normalized spacial score (nSPS) is 11.9. The zero-order valence-electron chi connectivity index (χ0n) is 9.30. The summed E-state index contributed by atoms with van der Waals surface area (Å²) in [4.78, 5) is 17.3. The van der Waals surface area contributed by atoms with Crippen molar-refractivity contribution in [1.82, 2.24) is 15.1 Å². The van der Waals surface area contributed by atoms with Crippen molar-refractivity contribution >= 4 is 16.0 Å². The Morgan fingerprint density at radius 1 is 1.65 bits per heavy atom. The second kappa shape index (κ2) is 5.25. The molecule has 0 bridgehead atoms. The number of aromatic carboxylic acids is 1. The highest BCUT2D eigenvalue weighted by Gasteiger charge is 2.24. The molecule has 0 aliphatic heterocycles. The van der Waals surface area contributed by atoms with Crippen LogP contribution in [0.25, 0.3) is 0 Å². The maximum atomic E-state index is 11.6. The standard InChI is InChI=1S/C8H13N3O5S/c1-5(2)4-16-11-17(14,15)7-6(8(12)13)3-9-10-7/h3,5,11H,4H2,1-2H3,(H,9,10)(H,12,13). The maximum Gasteiger partial charge on any atom is 0.340 e. The molecule has 0 aliphatic rings. The van der Waals surface area contributed by atoms with E-state index in [1.807, 2.05) is 18.7 Å². The van der Waals surface area contributed by atoms with E-state index in [4.69, 9.17) is 9.94 Å². The van der Waals surface area contributed by atoms with E-state index in [9.17, 15) is 13.2 Å². The van der Waals surface area contributed by atoms with E-state index in [1.54, 1.807) is 0 Å². The second-order valence-corrected chi connectivity index (χ2v) is 5.29. The fourth-order valence-electron chi connectivity index (χ4n) is 0.951. The van der Waals surface area contributed by atoms with E-state index in [2.05, 4.69) is 10.2 Å². The SMILES string of the molecule is CC(C)CONS(=O)(=O)c1[nH]ncc1C(=O)O. The van der Waals surface area contributed by atoms with Crippen LogP contribution in [0.3, 0.4) is 0 Å². The van der Waals surface area contributed by atoms with E-state index in [-0.39, 0.29) is 12.5 Å². The number of carboxylic acids is 1. The van der Waals surface area contributed by atoms with Crippen molar-refractivity contribution in [2.24, 2.45) is 5.92 Å². The van der Waals surface area contributed by atoms with Crippen LogP contribution in [0, 0.1) is 5.92 Å². The third-order valence-electron chi connectivity index (χ3n) is 1.69. The van der Waals surface area contributed by atoms with E-state index in [1.165, 1.54) is 0 Å². The highest BCUT2D eigenvalue weighted by atomic mass is 32.2. The average Bonchev–Trinajstić information content (AvgIpc) is 2.65. The van der Waals surface area contributed by atoms with Gasteiger partial charge < -0.3 is 5.11 Å². The second-order valence-electron chi connectivity index (χ2n) is 3.71. The summed E-state index contributed by atoms with van der Waals surface area (Å²) in [7, 11) is -4.06. The molecule has 1 heterocycles. The van der Waals surface area contributed by atoms with Gasteiger partial charge in [-0.25, -0.2) is 13.2 Å². The summed E-state index contributed by atoms with van der Waals surface area (Å²) in [6, 6.07) is 0. The molecule has 8 nitrogen and oxygen atoms in total. The molecule has 0 spiro atoms. The number of hydrogen-bond donors (Lipinski definition) is 3. The Labute approximate surface area is 98.0 Å². The van der Waals surface area contributed by atoms with E-state index < -0.39 is 26.6 Å². The van der Waals surface area contributed by atoms with Crippen LogP contribution in [-0.4, -0.2) is 36.3 Å². The lowest BCUT2D eigenvalue weighted by Crippen LogP contribution is -2.27. The molecular weight excluding hydrogens is 250 g/mol. The third kappa shape index (κ3) is 3.51. The van der Waals surface area contributed by atoms with Gasteiger partial charge >= 0.3 is 5.97 Å². The third-order valence-corrected chi connectivity index (χ3v) is 2.87. The summed E-state index contributed by atoms with van der Waals surface area (Å²) in [5.41, 5.74) is -0.439. The first-order valence-corrected chi connectivity index (χ1v) is 6.23. The molecule has 0 fully saturated rings. The molecule has 3 N–H and O–H groups in total. The summed E-state index contributed by atoms with van der Waals surface area (Å²) in [6.07, 6.45) is 0.916. The zero-order valence-corrected chi connectivity index (χ0v) is 10.1. The number of aromatic amines is 1. The Hall–Kier alpha value is -1.45. The van der Waals surface area contributed by atoms with Crippen LogP contribution < -0.4 is 4.89 Å². The number of hydrogen-bond acceptors (Lipinski definition) is 5. The van der Waals surface area contributed by atoms with Crippen molar-refractivity contribution in [2.75, 3.05) is 6.61 Å². The van der Waals surface area contributed by atoms with Gasteiger partial charge in [0.05, 0.1) is 12.8 Å². The minimum atomic E-state index is -4.06. The number of aromatic nitrogens is 2. The fraction of sp³-hybridized carbons (Fsp3) is 0.500. The summed E-state index contributed by atoms with van der Waals surface area (Å²) in [5, 5.41) is 13.7. The number of rotatable bonds is 6. The highest BCUT2D eigenvalue weighted by molar-refractivity contribution is 7.89. The maximum absolute atomic E-state index is 11.6. The minimum absolute atomic E-state index is 0.137. The van der Waals surface area contributed by atoms with Gasteiger partial charge in [0.25, 0.3) is 10.0 Å². The Morgan fingerprint density at radius 2 is 2.29 bits per heavy atom. The van der Waals surface area contributed by atoms with Gasteiger partial charge in [0, 0.05) is 0 Å². The van der Waals surface area contributed by atoms with Crippen LogP contribution in [0.15, 0.2) is 11.2 Å². The summed E-state index contributed by atoms with van der Waals surface area (Å²) in [6.45, 7) is 3.86. The number of nitrogens with zero attached hydrogens (tertiary/aromatic N) is 1. The van der Waals surface area contributed by atoms with Crippen LogP contribution in [-0.2, 0) is 14.9 Å². The molecule has 0 saturated carbocycles. The van der Waals surface area contributed by atoms with Crippen LogP contribution in [0.5, 0.6) is 0 Å². The first kappa shape index (κ1) is 13.6. The van der Waals surface area contributed by atoms with Crippen LogP contribution in [0.4, 0.5) is 0 Å². The Morgan fingerprint density at radius 3 is 2.82 bits per heavy atom. The van der Waals surface area contributed by atoms with Crippen LogP contribution in [0.1, 0.15) is 24.2 Å². The van der Waals surface area contributed by atoms with Gasteiger partial charge in [-0.05, 0) is 5.92 Å². The van der Waals surface area contributed by atoms with E-state index in [0.717, 1.165) is 6.20 Å². The largest absolute Gasteiger partial charge is 0.478 e. The van der Waals surface area contributed by atoms with Gasteiger partial charge in [-0.15, -0.1) is 0 Å².